The van der Waals surface area contributed by atoms with Gasteiger partial charge in [0.2, 0.25) is 7.37 Å². The Morgan fingerprint density at radius 3 is 2.75 bits per heavy atom. The average molecular weight is 373 g/mol. The molecule has 0 aliphatic heterocycles. The zero-order valence-corrected chi connectivity index (χ0v) is 15.6. The molecule has 1 aromatic heterocycles. The summed E-state index contributed by atoms with van der Waals surface area (Å²) in [6.45, 7) is 3.66. The normalized spacial score (nSPS) is 14.6. The molecule has 0 aromatic carbocycles. The van der Waals surface area contributed by atoms with Crippen LogP contribution in [0, 0.1) is 5.92 Å². The maximum absolute atomic E-state index is 12.1. The van der Waals surface area contributed by atoms with Crippen molar-refractivity contribution in [3.63, 3.8) is 0 Å². The number of hydrogen-bond donors (Lipinski definition) is 3. The summed E-state index contributed by atoms with van der Waals surface area (Å²) in [7, 11) is -3.47. The molecule has 0 bridgehead atoms. The first-order valence-electron chi connectivity index (χ1n) is 7.71. The summed E-state index contributed by atoms with van der Waals surface area (Å²) < 4.78 is 12.1. The summed E-state index contributed by atoms with van der Waals surface area (Å²) in [5, 5.41) is 19.3. The first-order valence-corrected chi connectivity index (χ1v) is 10.7. The quantitative estimate of drug-likeness (QED) is 0.249. The minimum atomic E-state index is -3.47. The van der Waals surface area contributed by atoms with Crippen molar-refractivity contribution in [2.45, 2.75) is 31.7 Å². The Morgan fingerprint density at radius 1 is 1.46 bits per heavy atom. The number of thioether (sulfide) groups is 1. The van der Waals surface area contributed by atoms with Crippen LogP contribution in [0.2, 0.25) is 0 Å². The second kappa shape index (κ2) is 9.87. The number of carboxylic acid groups (broad SMARTS) is 1. The van der Waals surface area contributed by atoms with Gasteiger partial charge in [0.25, 0.3) is 0 Å². The number of carboxylic acids is 1. The van der Waals surface area contributed by atoms with Crippen molar-refractivity contribution >= 4 is 25.1 Å². The molecule has 0 spiro atoms. The third kappa shape index (κ3) is 7.99. The summed E-state index contributed by atoms with van der Waals surface area (Å²) in [5.41, 5.74) is -0.00725. The average Bonchev–Trinajstić information content (AvgIpc) is 2.45. The van der Waals surface area contributed by atoms with Crippen LogP contribution in [0.5, 0.6) is 5.75 Å². The molecule has 0 fully saturated rings. The second-order valence-electron chi connectivity index (χ2n) is 5.93. The molecule has 134 valence electrons. The van der Waals surface area contributed by atoms with E-state index in [1.807, 2.05) is 13.8 Å². The van der Waals surface area contributed by atoms with Crippen molar-refractivity contribution < 1.29 is 24.5 Å². The first kappa shape index (κ1) is 20.7. The number of aromatic nitrogens is 1. The van der Waals surface area contributed by atoms with Gasteiger partial charge in [-0.05, 0) is 36.6 Å². The highest BCUT2D eigenvalue weighted by molar-refractivity contribution is 7.99. The molecule has 1 unspecified atom stereocenters. The molecule has 6 nitrogen and oxygen atoms in total. The minimum absolute atomic E-state index is 0.00725. The summed E-state index contributed by atoms with van der Waals surface area (Å²) in [6, 6.07) is 3.21. The molecule has 0 aliphatic carbocycles. The van der Waals surface area contributed by atoms with Gasteiger partial charge in [0.15, 0.2) is 0 Å². The van der Waals surface area contributed by atoms with Crippen LogP contribution in [0.4, 0.5) is 0 Å². The number of aliphatic carboxylic acids is 1. The summed E-state index contributed by atoms with van der Waals surface area (Å²) in [6.07, 6.45) is 4.10. The fraction of sp³-hybridized carbons (Fsp3) is 0.500. The van der Waals surface area contributed by atoms with Crippen LogP contribution in [-0.2, 0) is 9.36 Å². The zero-order chi connectivity index (χ0) is 18.2. The van der Waals surface area contributed by atoms with Gasteiger partial charge in [-0.2, -0.15) is 0 Å². The van der Waals surface area contributed by atoms with Gasteiger partial charge in [0.05, 0.1) is 6.16 Å². The van der Waals surface area contributed by atoms with Crippen LogP contribution in [0.15, 0.2) is 35.0 Å². The van der Waals surface area contributed by atoms with Gasteiger partial charge in [-0.25, -0.2) is 9.78 Å². The topological polar surface area (TPSA) is 108 Å². The number of allylic oxidation sites excluding steroid dienone is 1. The van der Waals surface area contributed by atoms with Crippen molar-refractivity contribution in [1.82, 2.24) is 4.98 Å². The van der Waals surface area contributed by atoms with Gasteiger partial charge in [0, 0.05) is 17.9 Å². The summed E-state index contributed by atoms with van der Waals surface area (Å²) >= 11 is 1.39. The molecule has 0 radical (unpaired) electrons. The molecular weight excluding hydrogens is 349 g/mol. The lowest BCUT2D eigenvalue weighted by molar-refractivity contribution is -0.132. The number of rotatable bonds is 10. The van der Waals surface area contributed by atoms with Crippen LogP contribution >= 0.6 is 19.1 Å². The molecule has 0 saturated carbocycles. The first-order chi connectivity index (χ1) is 11.2. The maximum atomic E-state index is 12.1. The third-order valence-electron chi connectivity index (χ3n) is 3.07. The summed E-state index contributed by atoms with van der Waals surface area (Å²) in [4.78, 5) is 25.2. The highest BCUT2D eigenvalue weighted by Gasteiger charge is 2.24. The zero-order valence-electron chi connectivity index (χ0n) is 13.9. The van der Waals surface area contributed by atoms with E-state index in [2.05, 4.69) is 4.98 Å². The molecule has 1 heterocycles. The van der Waals surface area contributed by atoms with Gasteiger partial charge in [-0.1, -0.05) is 19.9 Å². The monoisotopic (exact) mass is 373 g/mol. The summed E-state index contributed by atoms with van der Waals surface area (Å²) in [5.74, 6) is -0.322. The number of unbranched alkanes of at least 4 members (excludes halogenated alkanes) is 1. The van der Waals surface area contributed by atoms with Crippen molar-refractivity contribution in [3.8, 4) is 5.75 Å². The van der Waals surface area contributed by atoms with E-state index >= 15 is 0 Å². The largest absolute Gasteiger partial charge is 0.505 e. The van der Waals surface area contributed by atoms with E-state index in [0.717, 1.165) is 0 Å². The lowest BCUT2D eigenvalue weighted by Gasteiger charge is -2.14. The van der Waals surface area contributed by atoms with E-state index in [4.69, 9.17) is 0 Å². The smallest absolute Gasteiger partial charge is 0.331 e. The molecule has 0 aliphatic rings. The number of hydrogen-bond acceptors (Lipinski definition) is 5. The number of pyridine rings is 1. The second-order valence-corrected chi connectivity index (χ2v) is 9.39. The van der Waals surface area contributed by atoms with Crippen LogP contribution in [0.1, 0.15) is 26.7 Å². The van der Waals surface area contributed by atoms with Crippen molar-refractivity contribution in [3.05, 3.63) is 30.0 Å². The lowest BCUT2D eigenvalue weighted by Crippen LogP contribution is -2.09. The third-order valence-corrected chi connectivity index (χ3v) is 6.29. The molecule has 3 N–H and O–H groups in total. The molecule has 24 heavy (non-hydrogen) atoms. The standard InChI is InChI=1S/C16H24NO5PS/c1-12(2)10-23(21,22)11-13(16(19)20)6-3-4-9-24-15-14(18)7-5-8-17-15/h5-8,12,18H,3-4,9-11H2,1-2H3,(H,19,20)(H,21,22)/b13-6+. The molecule has 8 heteroatoms. The van der Waals surface area contributed by atoms with Crippen LogP contribution in [0.3, 0.4) is 0 Å². The van der Waals surface area contributed by atoms with Gasteiger partial charge in [0.1, 0.15) is 10.8 Å². The van der Waals surface area contributed by atoms with Crippen LogP contribution in [-0.4, -0.2) is 44.1 Å². The molecule has 0 amide bonds. The maximum Gasteiger partial charge on any atom is 0.331 e. The Labute approximate surface area is 146 Å². The van der Waals surface area contributed by atoms with E-state index < -0.39 is 13.3 Å². The van der Waals surface area contributed by atoms with E-state index in [1.165, 1.54) is 17.8 Å². The van der Waals surface area contributed by atoms with E-state index in [0.29, 0.717) is 23.6 Å². The number of nitrogens with zero attached hydrogens (tertiary/aromatic N) is 1. The predicted octanol–water partition coefficient (Wildman–Crippen LogP) is 3.60. The lowest BCUT2D eigenvalue weighted by atomic mass is 10.2. The molecule has 0 saturated heterocycles. The van der Waals surface area contributed by atoms with E-state index in [1.54, 1.807) is 18.3 Å². The predicted molar refractivity (Wildman–Crippen MR) is 96.0 cm³/mol. The van der Waals surface area contributed by atoms with Gasteiger partial charge < -0.3 is 15.1 Å². The molecule has 1 aromatic rings. The van der Waals surface area contributed by atoms with E-state index in [-0.39, 0.29) is 29.6 Å². The van der Waals surface area contributed by atoms with E-state index in [9.17, 15) is 24.5 Å². The van der Waals surface area contributed by atoms with Gasteiger partial charge in [-0.15, -0.1) is 11.8 Å². The fourth-order valence-corrected chi connectivity index (χ4v) is 5.07. The minimum Gasteiger partial charge on any atom is -0.505 e. The molecule has 1 atom stereocenters. The Hall–Kier alpha value is -1.30. The van der Waals surface area contributed by atoms with Crippen molar-refractivity contribution in [2.75, 3.05) is 18.1 Å². The fourth-order valence-electron chi connectivity index (χ4n) is 2.14. The number of aromatic hydroxyl groups is 1. The SMILES string of the molecule is CC(C)CP(=O)(O)C/C(=C\CCCSc1ncccc1O)C(=O)O. The van der Waals surface area contributed by atoms with Gasteiger partial charge >= 0.3 is 5.97 Å². The molecular formula is C16H24NO5PS. The van der Waals surface area contributed by atoms with Crippen LogP contribution < -0.4 is 0 Å². The molecule has 1 rings (SSSR count). The Morgan fingerprint density at radius 2 is 2.17 bits per heavy atom. The Balaban J connectivity index is 2.51. The van der Waals surface area contributed by atoms with Crippen molar-refractivity contribution in [1.29, 1.82) is 0 Å². The highest BCUT2D eigenvalue weighted by atomic mass is 32.2. The van der Waals surface area contributed by atoms with Crippen LogP contribution in [0.25, 0.3) is 0 Å². The Kier molecular flexibility index (Phi) is 8.53. The number of carbonyl (C=O) groups is 1. The van der Waals surface area contributed by atoms with Crippen molar-refractivity contribution in [2.24, 2.45) is 5.92 Å². The Bertz CT molecular complexity index is 633. The highest BCUT2D eigenvalue weighted by Crippen LogP contribution is 2.44. The van der Waals surface area contributed by atoms with Gasteiger partial charge in [-0.3, -0.25) is 4.57 Å².